The molecule has 29 heavy (non-hydrogen) atoms. The van der Waals surface area contributed by atoms with Gasteiger partial charge in [-0.25, -0.2) is 4.98 Å². The van der Waals surface area contributed by atoms with Crippen molar-refractivity contribution in [1.29, 1.82) is 0 Å². The average Bonchev–Trinajstić information content (AvgIpc) is 3.04. The number of anilines is 3. The van der Waals surface area contributed by atoms with Crippen molar-refractivity contribution in [3.8, 4) is 5.75 Å². The van der Waals surface area contributed by atoms with Gasteiger partial charge >= 0.3 is 6.36 Å². The summed E-state index contributed by atoms with van der Waals surface area (Å²) in [6, 6.07) is 5.62. The molecule has 0 saturated carbocycles. The Morgan fingerprint density at radius 3 is 2.69 bits per heavy atom. The summed E-state index contributed by atoms with van der Waals surface area (Å²) in [6.07, 6.45) is -0.384. The highest BCUT2D eigenvalue weighted by Gasteiger charge is 2.32. The van der Waals surface area contributed by atoms with Gasteiger partial charge in [0.15, 0.2) is 0 Å². The Labute approximate surface area is 162 Å². The minimum Gasteiger partial charge on any atom is -0.405 e. The number of aromatic nitrogens is 4. The van der Waals surface area contributed by atoms with E-state index in [2.05, 4.69) is 30.4 Å². The van der Waals surface area contributed by atoms with E-state index in [0.29, 0.717) is 5.69 Å². The lowest BCUT2D eigenvalue weighted by molar-refractivity contribution is -0.274. The highest BCUT2D eigenvalue weighted by Crippen LogP contribution is 2.27. The molecule has 152 valence electrons. The Morgan fingerprint density at radius 1 is 1.28 bits per heavy atom. The number of hydrogen-bond donors (Lipinski definition) is 3. The van der Waals surface area contributed by atoms with Gasteiger partial charge in [0.2, 0.25) is 5.95 Å². The van der Waals surface area contributed by atoms with E-state index in [4.69, 9.17) is 5.73 Å². The molecule has 3 rings (SSSR count). The van der Waals surface area contributed by atoms with Crippen LogP contribution in [0.1, 0.15) is 15.9 Å². The van der Waals surface area contributed by atoms with Crippen molar-refractivity contribution in [2.24, 2.45) is 12.8 Å². The molecule has 4 N–H and O–H groups in total. The molecule has 0 radical (unpaired) electrons. The zero-order valence-electron chi connectivity index (χ0n) is 15.1. The molecule has 2 heterocycles. The van der Waals surface area contributed by atoms with E-state index in [9.17, 15) is 18.0 Å². The Morgan fingerprint density at radius 2 is 2.03 bits per heavy atom. The smallest absolute Gasteiger partial charge is 0.405 e. The van der Waals surface area contributed by atoms with Crippen LogP contribution in [0.15, 0.2) is 42.9 Å². The number of para-hydroxylation sites is 1. The van der Waals surface area contributed by atoms with Crippen molar-refractivity contribution < 1.29 is 22.7 Å². The van der Waals surface area contributed by atoms with Gasteiger partial charge in [0.1, 0.15) is 11.6 Å². The van der Waals surface area contributed by atoms with Crippen LogP contribution in [-0.4, -0.2) is 32.0 Å². The summed E-state index contributed by atoms with van der Waals surface area (Å²) in [5, 5.41) is 9.71. The molecule has 0 aliphatic rings. The van der Waals surface area contributed by atoms with Crippen molar-refractivity contribution in [1.82, 2.24) is 19.7 Å². The van der Waals surface area contributed by atoms with Gasteiger partial charge < -0.3 is 21.1 Å². The van der Waals surface area contributed by atoms with Crippen LogP contribution in [0.2, 0.25) is 0 Å². The molecule has 0 atom stereocenters. The number of primary amides is 1. The number of halogens is 3. The van der Waals surface area contributed by atoms with Gasteiger partial charge in [-0.1, -0.05) is 18.2 Å². The van der Waals surface area contributed by atoms with Gasteiger partial charge in [-0.2, -0.15) is 10.1 Å². The molecule has 0 bridgehead atoms. The van der Waals surface area contributed by atoms with E-state index in [1.807, 2.05) is 0 Å². The topological polar surface area (TPSA) is 120 Å². The van der Waals surface area contributed by atoms with Crippen LogP contribution in [0.3, 0.4) is 0 Å². The van der Waals surface area contributed by atoms with Gasteiger partial charge in [0.05, 0.1) is 17.4 Å². The van der Waals surface area contributed by atoms with Crippen LogP contribution >= 0.6 is 0 Å². The first-order chi connectivity index (χ1) is 13.7. The number of aryl methyl sites for hydroxylation is 1. The average molecular weight is 407 g/mol. The Balaban J connectivity index is 1.82. The van der Waals surface area contributed by atoms with E-state index < -0.39 is 12.3 Å². The normalized spacial score (nSPS) is 11.2. The minimum absolute atomic E-state index is 0.0176. The second-order valence-corrected chi connectivity index (χ2v) is 5.86. The van der Waals surface area contributed by atoms with Crippen LogP contribution in [-0.2, 0) is 13.6 Å². The number of rotatable bonds is 7. The number of benzene rings is 1. The Hall–Kier alpha value is -3.83. The van der Waals surface area contributed by atoms with Gasteiger partial charge in [-0.3, -0.25) is 9.48 Å². The largest absolute Gasteiger partial charge is 0.573 e. The molecule has 12 heteroatoms. The molecule has 0 aliphatic carbocycles. The monoisotopic (exact) mass is 407 g/mol. The minimum atomic E-state index is -4.83. The van der Waals surface area contributed by atoms with Crippen LogP contribution in [0.4, 0.5) is 30.6 Å². The van der Waals surface area contributed by atoms with E-state index in [0.717, 1.165) is 0 Å². The summed E-state index contributed by atoms with van der Waals surface area (Å²) in [4.78, 5) is 19.9. The fourth-order valence-electron chi connectivity index (χ4n) is 2.43. The van der Waals surface area contributed by atoms with Gasteiger partial charge in [-0.05, 0) is 6.07 Å². The third-order valence-corrected chi connectivity index (χ3v) is 3.66. The number of nitrogens with two attached hydrogens (primary N) is 1. The first-order valence-electron chi connectivity index (χ1n) is 8.21. The number of amides is 1. The summed E-state index contributed by atoms with van der Waals surface area (Å²) >= 11 is 0. The van der Waals surface area contributed by atoms with E-state index in [1.54, 1.807) is 30.2 Å². The zero-order valence-corrected chi connectivity index (χ0v) is 15.1. The van der Waals surface area contributed by atoms with Crippen molar-refractivity contribution in [2.75, 3.05) is 10.6 Å². The molecule has 1 amide bonds. The molecule has 3 aromatic rings. The number of alkyl halides is 3. The first kappa shape index (κ1) is 19.9. The standard InChI is InChI=1S/C17H16F3N7O2/c1-27-9-11(7-24-27)25-16-23-8-12(14(21)28)15(26-16)22-6-10-4-2-3-5-13(10)29-17(18,19)20/h2-5,7-9H,6H2,1H3,(H2,21,28)(H2,22,23,25,26). The second-order valence-electron chi connectivity index (χ2n) is 5.86. The summed E-state index contributed by atoms with van der Waals surface area (Å²) < 4.78 is 43.3. The molecule has 0 saturated heterocycles. The van der Waals surface area contributed by atoms with Crippen LogP contribution < -0.4 is 21.1 Å². The van der Waals surface area contributed by atoms with E-state index >= 15 is 0 Å². The fraction of sp³-hybridized carbons (Fsp3) is 0.176. The maximum atomic E-state index is 12.6. The molecule has 0 spiro atoms. The van der Waals surface area contributed by atoms with E-state index in [1.165, 1.54) is 24.4 Å². The maximum absolute atomic E-state index is 12.6. The maximum Gasteiger partial charge on any atom is 0.573 e. The molecule has 0 fully saturated rings. The van der Waals surface area contributed by atoms with Crippen LogP contribution in [0.25, 0.3) is 0 Å². The predicted molar refractivity (Wildman–Crippen MR) is 97.5 cm³/mol. The summed E-state index contributed by atoms with van der Waals surface area (Å²) in [5.41, 5.74) is 6.13. The highest BCUT2D eigenvalue weighted by atomic mass is 19.4. The Bertz CT molecular complexity index is 1020. The molecule has 1 aromatic carbocycles. The number of nitrogens with one attached hydrogen (secondary N) is 2. The molecule has 0 aliphatic heterocycles. The second kappa shape index (κ2) is 8.04. The Kier molecular flexibility index (Phi) is 5.52. The molecule has 2 aromatic heterocycles. The van der Waals surface area contributed by atoms with Gasteiger partial charge in [0, 0.05) is 31.5 Å². The fourth-order valence-corrected chi connectivity index (χ4v) is 2.43. The summed E-state index contributed by atoms with van der Waals surface area (Å²) in [7, 11) is 1.73. The van der Waals surface area contributed by atoms with Crippen molar-refractivity contribution in [3.63, 3.8) is 0 Å². The number of carbonyl (C=O) groups is 1. The lowest BCUT2D eigenvalue weighted by Crippen LogP contribution is -2.19. The summed E-state index contributed by atoms with van der Waals surface area (Å²) in [6.45, 7) is -0.101. The number of nitrogens with zero attached hydrogens (tertiary/aromatic N) is 4. The molecule has 9 nitrogen and oxygen atoms in total. The quantitative estimate of drug-likeness (QED) is 0.551. The first-order valence-corrected chi connectivity index (χ1v) is 8.21. The lowest BCUT2D eigenvalue weighted by Gasteiger charge is -2.15. The number of hydrogen-bond acceptors (Lipinski definition) is 7. The van der Waals surface area contributed by atoms with Gasteiger partial charge in [0.25, 0.3) is 5.91 Å². The van der Waals surface area contributed by atoms with Crippen LogP contribution in [0.5, 0.6) is 5.75 Å². The van der Waals surface area contributed by atoms with Crippen LogP contribution in [0, 0.1) is 0 Å². The number of ether oxygens (including phenoxy) is 1. The molecular formula is C17H16F3N7O2. The molecule has 0 unspecified atom stereocenters. The highest BCUT2D eigenvalue weighted by molar-refractivity contribution is 5.97. The number of carbonyl (C=O) groups excluding carboxylic acids is 1. The SMILES string of the molecule is Cn1cc(Nc2ncc(C(N)=O)c(NCc3ccccc3OC(F)(F)F)n2)cn1. The lowest BCUT2D eigenvalue weighted by atomic mass is 10.2. The zero-order chi connectivity index (χ0) is 21.0. The third kappa shape index (κ3) is 5.34. The molecular weight excluding hydrogens is 391 g/mol. The van der Waals surface area contributed by atoms with Crippen molar-refractivity contribution >= 4 is 23.4 Å². The van der Waals surface area contributed by atoms with Crippen molar-refractivity contribution in [2.45, 2.75) is 12.9 Å². The van der Waals surface area contributed by atoms with Crippen molar-refractivity contribution in [3.05, 3.63) is 54.0 Å². The summed E-state index contributed by atoms with van der Waals surface area (Å²) in [5.74, 6) is -0.956. The van der Waals surface area contributed by atoms with E-state index in [-0.39, 0.29) is 35.2 Å². The van der Waals surface area contributed by atoms with Gasteiger partial charge in [-0.15, -0.1) is 13.2 Å². The predicted octanol–water partition coefficient (Wildman–Crippen LogP) is 2.56. The third-order valence-electron chi connectivity index (χ3n) is 3.66.